The highest BCUT2D eigenvalue weighted by Gasteiger charge is 2.16. The van der Waals surface area contributed by atoms with Gasteiger partial charge in [0.2, 0.25) is 5.91 Å². The number of aliphatic carboxylic acids is 1. The maximum atomic E-state index is 11.3. The molecule has 1 amide bonds. The van der Waals surface area contributed by atoms with Crippen molar-refractivity contribution < 1.29 is 19.4 Å². The first kappa shape index (κ1) is 14.9. The Morgan fingerprint density at radius 3 is 2.31 bits per heavy atom. The molecule has 0 aliphatic carbocycles. The van der Waals surface area contributed by atoms with Crippen molar-refractivity contribution in [3.8, 4) is 0 Å². The van der Waals surface area contributed by atoms with Crippen LogP contribution in [0.25, 0.3) is 0 Å². The van der Waals surface area contributed by atoms with E-state index in [4.69, 9.17) is 9.84 Å². The molecule has 0 radical (unpaired) electrons. The minimum Gasteiger partial charge on any atom is -0.481 e. The Labute approximate surface area is 96.2 Å². The summed E-state index contributed by atoms with van der Waals surface area (Å²) >= 11 is 0. The molecule has 0 unspecified atom stereocenters. The van der Waals surface area contributed by atoms with Gasteiger partial charge in [-0.2, -0.15) is 0 Å². The van der Waals surface area contributed by atoms with Crippen molar-refractivity contribution in [3.05, 3.63) is 0 Å². The molecule has 0 fully saturated rings. The molecule has 0 saturated heterocycles. The van der Waals surface area contributed by atoms with E-state index < -0.39 is 5.97 Å². The summed E-state index contributed by atoms with van der Waals surface area (Å²) in [6.45, 7) is 4.23. The summed E-state index contributed by atoms with van der Waals surface area (Å²) in [5, 5.41) is 11.2. The Hall–Kier alpha value is -1.10. The van der Waals surface area contributed by atoms with Crippen LogP contribution in [0.1, 0.15) is 39.5 Å². The minimum absolute atomic E-state index is 0.0597. The van der Waals surface area contributed by atoms with E-state index in [1.807, 2.05) is 13.8 Å². The fourth-order valence-corrected chi connectivity index (χ4v) is 1.03. The van der Waals surface area contributed by atoms with Crippen LogP contribution in [0.3, 0.4) is 0 Å². The molecule has 0 heterocycles. The number of methoxy groups -OCH3 is 1. The predicted molar refractivity (Wildman–Crippen MR) is 60.2 cm³/mol. The van der Waals surface area contributed by atoms with Gasteiger partial charge in [0.05, 0.1) is 5.60 Å². The molecule has 5 heteroatoms. The molecule has 0 saturated carbocycles. The Balaban J connectivity index is 3.56. The van der Waals surface area contributed by atoms with Gasteiger partial charge in [0.1, 0.15) is 0 Å². The van der Waals surface area contributed by atoms with Crippen LogP contribution in [-0.2, 0) is 14.3 Å². The molecule has 0 aliphatic rings. The largest absolute Gasteiger partial charge is 0.481 e. The van der Waals surface area contributed by atoms with Crippen LogP contribution in [-0.4, -0.2) is 36.2 Å². The van der Waals surface area contributed by atoms with Crippen molar-refractivity contribution in [2.24, 2.45) is 0 Å². The summed E-state index contributed by atoms with van der Waals surface area (Å²) in [6.07, 6.45) is 1.63. The van der Waals surface area contributed by atoms with Crippen LogP contribution in [0.5, 0.6) is 0 Å². The zero-order valence-electron chi connectivity index (χ0n) is 10.2. The molecule has 0 spiro atoms. The molecule has 0 aromatic heterocycles. The van der Waals surface area contributed by atoms with Gasteiger partial charge in [0.25, 0.3) is 0 Å². The fraction of sp³-hybridized carbons (Fsp3) is 0.818. The van der Waals surface area contributed by atoms with Crippen molar-refractivity contribution in [2.75, 3.05) is 13.7 Å². The summed E-state index contributed by atoms with van der Waals surface area (Å²) < 4.78 is 5.15. The molecular weight excluding hydrogens is 210 g/mol. The monoisotopic (exact) mass is 231 g/mol. The van der Waals surface area contributed by atoms with Gasteiger partial charge in [-0.15, -0.1) is 0 Å². The topological polar surface area (TPSA) is 75.6 Å². The summed E-state index contributed by atoms with van der Waals surface area (Å²) in [7, 11) is 1.60. The summed E-state index contributed by atoms with van der Waals surface area (Å²) in [4.78, 5) is 21.6. The summed E-state index contributed by atoms with van der Waals surface area (Å²) in [6, 6.07) is 0. The second-order valence-corrected chi connectivity index (χ2v) is 4.34. The molecule has 0 aromatic carbocycles. The normalized spacial score (nSPS) is 11.2. The SMILES string of the molecule is COC(C)(C)CNC(=O)CCCCC(=O)O. The van der Waals surface area contributed by atoms with Crippen molar-refractivity contribution in [1.29, 1.82) is 0 Å². The summed E-state index contributed by atoms with van der Waals surface area (Å²) in [5.41, 5.74) is -0.364. The number of carbonyl (C=O) groups is 2. The van der Waals surface area contributed by atoms with Crippen molar-refractivity contribution >= 4 is 11.9 Å². The zero-order chi connectivity index (χ0) is 12.6. The molecule has 5 nitrogen and oxygen atoms in total. The van der Waals surface area contributed by atoms with Crippen LogP contribution in [0.2, 0.25) is 0 Å². The first-order chi connectivity index (χ1) is 7.37. The smallest absolute Gasteiger partial charge is 0.303 e. The average molecular weight is 231 g/mol. The number of carboxylic acids is 1. The molecule has 2 N–H and O–H groups in total. The maximum absolute atomic E-state index is 11.3. The molecule has 0 rings (SSSR count). The van der Waals surface area contributed by atoms with E-state index in [9.17, 15) is 9.59 Å². The van der Waals surface area contributed by atoms with Gasteiger partial charge in [-0.05, 0) is 26.7 Å². The molecule has 0 aliphatic heterocycles. The van der Waals surface area contributed by atoms with Crippen LogP contribution in [0.4, 0.5) is 0 Å². The molecule has 94 valence electrons. The number of nitrogens with one attached hydrogen (secondary N) is 1. The van der Waals surface area contributed by atoms with Crippen LogP contribution in [0, 0.1) is 0 Å². The lowest BCUT2D eigenvalue weighted by atomic mass is 10.1. The van der Waals surface area contributed by atoms with Crippen LogP contribution < -0.4 is 5.32 Å². The molecule has 16 heavy (non-hydrogen) atoms. The third-order valence-corrected chi connectivity index (χ3v) is 2.31. The van der Waals surface area contributed by atoms with Crippen molar-refractivity contribution in [3.63, 3.8) is 0 Å². The molecular formula is C11H21NO4. The number of hydrogen-bond acceptors (Lipinski definition) is 3. The van der Waals surface area contributed by atoms with E-state index in [0.29, 0.717) is 25.8 Å². The first-order valence-electron chi connectivity index (χ1n) is 5.41. The quantitative estimate of drug-likeness (QED) is 0.615. The number of carboxylic acid groups (broad SMARTS) is 1. The second-order valence-electron chi connectivity index (χ2n) is 4.34. The molecule has 0 atom stereocenters. The second kappa shape index (κ2) is 7.22. The van der Waals surface area contributed by atoms with E-state index in [0.717, 1.165) is 0 Å². The number of ether oxygens (including phenoxy) is 1. The lowest BCUT2D eigenvalue weighted by molar-refractivity contribution is -0.137. The van der Waals surface area contributed by atoms with Gasteiger partial charge in [-0.3, -0.25) is 9.59 Å². The van der Waals surface area contributed by atoms with E-state index in [-0.39, 0.29) is 17.9 Å². The van der Waals surface area contributed by atoms with E-state index in [1.54, 1.807) is 7.11 Å². The van der Waals surface area contributed by atoms with Gasteiger partial charge < -0.3 is 15.2 Å². The first-order valence-corrected chi connectivity index (χ1v) is 5.41. The van der Waals surface area contributed by atoms with Gasteiger partial charge in [0.15, 0.2) is 0 Å². The number of unbranched alkanes of at least 4 members (excludes halogenated alkanes) is 1. The Kier molecular flexibility index (Phi) is 6.72. The average Bonchev–Trinajstić information content (AvgIpc) is 2.21. The molecule has 0 aromatic rings. The number of carbonyl (C=O) groups excluding carboxylic acids is 1. The highest BCUT2D eigenvalue weighted by atomic mass is 16.5. The van der Waals surface area contributed by atoms with Gasteiger partial charge in [0, 0.05) is 26.5 Å². The lowest BCUT2D eigenvalue weighted by Crippen LogP contribution is -2.39. The van der Waals surface area contributed by atoms with Gasteiger partial charge in [-0.25, -0.2) is 0 Å². The number of amides is 1. The molecule has 0 bridgehead atoms. The van der Waals surface area contributed by atoms with Crippen LogP contribution >= 0.6 is 0 Å². The third kappa shape index (κ3) is 8.23. The maximum Gasteiger partial charge on any atom is 0.303 e. The third-order valence-electron chi connectivity index (χ3n) is 2.31. The van der Waals surface area contributed by atoms with E-state index >= 15 is 0 Å². The van der Waals surface area contributed by atoms with Gasteiger partial charge in [-0.1, -0.05) is 0 Å². The Morgan fingerprint density at radius 2 is 1.81 bits per heavy atom. The Bertz CT molecular complexity index is 238. The van der Waals surface area contributed by atoms with Gasteiger partial charge >= 0.3 is 5.97 Å². The zero-order valence-corrected chi connectivity index (χ0v) is 10.2. The Morgan fingerprint density at radius 1 is 1.25 bits per heavy atom. The van der Waals surface area contributed by atoms with Crippen molar-refractivity contribution in [1.82, 2.24) is 5.32 Å². The lowest BCUT2D eigenvalue weighted by Gasteiger charge is -2.23. The van der Waals surface area contributed by atoms with Crippen LogP contribution in [0.15, 0.2) is 0 Å². The highest BCUT2D eigenvalue weighted by molar-refractivity contribution is 5.76. The standard InChI is InChI=1S/C11H21NO4/c1-11(2,16-3)8-12-9(13)6-4-5-7-10(14)15/h4-8H2,1-3H3,(H,12,13)(H,14,15). The summed E-state index contributed by atoms with van der Waals surface area (Å²) in [5.74, 6) is -0.878. The highest BCUT2D eigenvalue weighted by Crippen LogP contribution is 2.05. The number of rotatable bonds is 8. The fourth-order valence-electron chi connectivity index (χ4n) is 1.03. The van der Waals surface area contributed by atoms with E-state index in [2.05, 4.69) is 5.32 Å². The van der Waals surface area contributed by atoms with Crippen molar-refractivity contribution in [2.45, 2.75) is 45.1 Å². The minimum atomic E-state index is -0.819. The number of hydrogen-bond donors (Lipinski definition) is 2. The van der Waals surface area contributed by atoms with E-state index in [1.165, 1.54) is 0 Å². The predicted octanol–water partition coefficient (Wildman–Crippen LogP) is 1.17.